The molecule has 1 aromatic carbocycles. The molecule has 6 nitrogen and oxygen atoms in total. The lowest BCUT2D eigenvalue weighted by Crippen LogP contribution is -2.25. The van der Waals surface area contributed by atoms with Crippen LogP contribution in [-0.4, -0.2) is 34.4 Å². The highest BCUT2D eigenvalue weighted by molar-refractivity contribution is 6.00. The Balaban J connectivity index is 0.000000891. The standard InChI is InChI=1S/C15H18N4O2.C3H4/c1-2-10(4-3-7-20)9-17-15(21)11-5-6-13-12(8-11)14(16)19-18-13;1-3-2/h2-6,8,20H,7,9H2,1H3,(H,17,21)(H3,16,18,19);1H,2H3/b4-3-,10-2+;. The molecular weight excluding hydrogens is 304 g/mol. The number of carbonyl (C=O) groups excluding carboxylic acids is 1. The Bertz CT molecular complexity index is 782. The second-order valence-electron chi connectivity index (χ2n) is 4.79. The third-order valence-electron chi connectivity index (χ3n) is 3.12. The Hall–Kier alpha value is -3.04. The van der Waals surface area contributed by atoms with Gasteiger partial charge in [-0.25, -0.2) is 0 Å². The molecule has 0 aliphatic carbocycles. The van der Waals surface area contributed by atoms with Crippen LogP contribution in [0.2, 0.25) is 0 Å². The number of fused-ring (bicyclic) bond motifs is 1. The van der Waals surface area contributed by atoms with Crippen molar-refractivity contribution >= 4 is 22.6 Å². The Labute approximate surface area is 141 Å². The Morgan fingerprint density at radius 1 is 1.54 bits per heavy atom. The summed E-state index contributed by atoms with van der Waals surface area (Å²) in [6.07, 6.45) is 9.88. The molecule has 1 aromatic heterocycles. The number of allylic oxidation sites excluding steroid dienone is 1. The number of carbonyl (C=O) groups is 1. The molecule has 2 rings (SSSR count). The van der Waals surface area contributed by atoms with Crippen molar-refractivity contribution in [1.29, 1.82) is 0 Å². The van der Waals surface area contributed by atoms with Gasteiger partial charge in [-0.05, 0) is 37.6 Å². The molecule has 126 valence electrons. The summed E-state index contributed by atoms with van der Waals surface area (Å²) in [6.45, 7) is 3.90. The molecule has 24 heavy (non-hydrogen) atoms. The van der Waals surface area contributed by atoms with E-state index in [9.17, 15) is 4.79 Å². The summed E-state index contributed by atoms with van der Waals surface area (Å²) >= 11 is 0. The van der Waals surface area contributed by atoms with Crippen LogP contribution in [0.25, 0.3) is 10.9 Å². The van der Waals surface area contributed by atoms with E-state index in [1.807, 2.05) is 13.0 Å². The molecule has 6 heteroatoms. The number of nitrogen functional groups attached to an aromatic ring is 1. The normalized spacial score (nSPS) is 11.0. The lowest BCUT2D eigenvalue weighted by molar-refractivity contribution is 0.0957. The van der Waals surface area contributed by atoms with Crippen molar-refractivity contribution in [3.8, 4) is 12.3 Å². The van der Waals surface area contributed by atoms with Crippen molar-refractivity contribution in [1.82, 2.24) is 15.5 Å². The summed E-state index contributed by atoms with van der Waals surface area (Å²) in [7, 11) is 0. The molecule has 0 fully saturated rings. The van der Waals surface area contributed by atoms with Gasteiger partial charge in [0.05, 0.1) is 12.1 Å². The predicted molar refractivity (Wildman–Crippen MR) is 97.3 cm³/mol. The van der Waals surface area contributed by atoms with Gasteiger partial charge in [0.1, 0.15) is 0 Å². The molecule has 0 saturated heterocycles. The third-order valence-corrected chi connectivity index (χ3v) is 3.12. The number of nitrogens with zero attached hydrogens (tertiary/aromatic N) is 1. The Morgan fingerprint density at radius 2 is 2.25 bits per heavy atom. The minimum atomic E-state index is -0.186. The van der Waals surface area contributed by atoms with E-state index in [4.69, 9.17) is 10.8 Å². The van der Waals surface area contributed by atoms with Gasteiger partial charge < -0.3 is 16.2 Å². The number of aliphatic hydroxyl groups is 1. The van der Waals surface area contributed by atoms with E-state index in [0.29, 0.717) is 17.9 Å². The van der Waals surface area contributed by atoms with Crippen LogP contribution in [-0.2, 0) is 0 Å². The number of hydrogen-bond acceptors (Lipinski definition) is 4. The molecule has 0 atom stereocenters. The average molecular weight is 326 g/mol. The first-order chi connectivity index (χ1) is 11.6. The molecule has 0 aliphatic rings. The van der Waals surface area contributed by atoms with E-state index in [2.05, 4.69) is 27.9 Å². The molecule has 2 aromatic rings. The van der Waals surface area contributed by atoms with Crippen LogP contribution in [0.3, 0.4) is 0 Å². The lowest BCUT2D eigenvalue weighted by Gasteiger charge is -2.06. The summed E-state index contributed by atoms with van der Waals surface area (Å²) in [6, 6.07) is 5.20. The van der Waals surface area contributed by atoms with E-state index in [0.717, 1.165) is 16.5 Å². The van der Waals surface area contributed by atoms with Crippen LogP contribution >= 0.6 is 0 Å². The van der Waals surface area contributed by atoms with Crippen LogP contribution in [0.1, 0.15) is 24.2 Å². The van der Waals surface area contributed by atoms with Gasteiger partial charge in [0.2, 0.25) is 0 Å². The number of anilines is 1. The Morgan fingerprint density at radius 3 is 2.88 bits per heavy atom. The van der Waals surface area contributed by atoms with Crippen molar-refractivity contribution in [3.63, 3.8) is 0 Å². The number of aromatic nitrogens is 2. The molecule has 0 aliphatic heterocycles. The SMILES string of the molecule is C#CC.C/C=C(\C=C/CO)CNC(=O)c1ccc2[nH]nc(N)c2c1. The summed E-state index contributed by atoms with van der Waals surface area (Å²) in [5, 5.41) is 19.0. The molecular formula is C18H22N4O2. The highest BCUT2D eigenvalue weighted by Gasteiger charge is 2.09. The van der Waals surface area contributed by atoms with Crippen molar-refractivity contribution in [2.45, 2.75) is 13.8 Å². The number of H-pyrrole nitrogens is 1. The second kappa shape index (κ2) is 9.87. The van der Waals surface area contributed by atoms with E-state index in [-0.39, 0.29) is 12.5 Å². The first kappa shape index (κ1) is 19.0. The first-order valence-electron chi connectivity index (χ1n) is 7.39. The second-order valence-corrected chi connectivity index (χ2v) is 4.79. The molecule has 1 heterocycles. The van der Waals surface area contributed by atoms with Crippen LogP contribution in [0, 0.1) is 12.3 Å². The quantitative estimate of drug-likeness (QED) is 0.498. The number of amides is 1. The van der Waals surface area contributed by atoms with Crippen LogP contribution < -0.4 is 11.1 Å². The van der Waals surface area contributed by atoms with E-state index in [1.54, 1.807) is 37.3 Å². The van der Waals surface area contributed by atoms with Crippen molar-refractivity contribution in [2.24, 2.45) is 0 Å². The molecule has 0 bridgehead atoms. The molecule has 5 N–H and O–H groups in total. The minimum Gasteiger partial charge on any atom is -0.392 e. The highest BCUT2D eigenvalue weighted by Crippen LogP contribution is 2.19. The number of terminal acetylenes is 1. The fourth-order valence-electron chi connectivity index (χ4n) is 1.92. The maximum absolute atomic E-state index is 12.1. The molecule has 0 saturated carbocycles. The van der Waals surface area contributed by atoms with Gasteiger partial charge in [0, 0.05) is 17.5 Å². The van der Waals surface area contributed by atoms with Crippen molar-refractivity contribution in [2.75, 3.05) is 18.9 Å². The summed E-state index contributed by atoms with van der Waals surface area (Å²) in [5.41, 5.74) is 7.97. The van der Waals surface area contributed by atoms with Gasteiger partial charge >= 0.3 is 0 Å². The number of aromatic amines is 1. The maximum atomic E-state index is 12.1. The van der Waals surface area contributed by atoms with Gasteiger partial charge in [0.25, 0.3) is 5.91 Å². The van der Waals surface area contributed by atoms with E-state index < -0.39 is 0 Å². The number of aliphatic hydroxyl groups excluding tert-OH is 1. The molecule has 1 amide bonds. The maximum Gasteiger partial charge on any atom is 0.251 e. The fraction of sp³-hybridized carbons (Fsp3) is 0.222. The van der Waals surface area contributed by atoms with Crippen LogP contribution in [0.5, 0.6) is 0 Å². The van der Waals surface area contributed by atoms with E-state index >= 15 is 0 Å². The van der Waals surface area contributed by atoms with Gasteiger partial charge in [-0.2, -0.15) is 5.10 Å². The van der Waals surface area contributed by atoms with Gasteiger partial charge in [-0.1, -0.05) is 18.2 Å². The number of benzene rings is 1. The van der Waals surface area contributed by atoms with Crippen LogP contribution in [0.4, 0.5) is 5.82 Å². The van der Waals surface area contributed by atoms with Gasteiger partial charge in [-0.15, -0.1) is 12.3 Å². The smallest absolute Gasteiger partial charge is 0.251 e. The van der Waals surface area contributed by atoms with Gasteiger partial charge in [0.15, 0.2) is 5.82 Å². The monoisotopic (exact) mass is 326 g/mol. The summed E-state index contributed by atoms with van der Waals surface area (Å²) in [5.74, 6) is 2.44. The van der Waals surface area contributed by atoms with Crippen molar-refractivity contribution in [3.05, 3.63) is 47.6 Å². The number of rotatable bonds is 5. The zero-order chi connectivity index (χ0) is 17.9. The van der Waals surface area contributed by atoms with E-state index in [1.165, 1.54) is 0 Å². The number of nitrogens with one attached hydrogen (secondary N) is 2. The topological polar surface area (TPSA) is 104 Å². The number of nitrogens with two attached hydrogens (primary N) is 1. The highest BCUT2D eigenvalue weighted by atomic mass is 16.2. The average Bonchev–Trinajstić information content (AvgIpc) is 2.96. The molecule has 0 spiro atoms. The first-order valence-corrected chi connectivity index (χ1v) is 7.39. The minimum absolute atomic E-state index is 0.0261. The van der Waals surface area contributed by atoms with Crippen LogP contribution in [0.15, 0.2) is 42.0 Å². The summed E-state index contributed by atoms with van der Waals surface area (Å²) < 4.78 is 0. The number of hydrogen-bond donors (Lipinski definition) is 4. The molecule has 0 radical (unpaired) electrons. The summed E-state index contributed by atoms with van der Waals surface area (Å²) in [4.78, 5) is 12.1. The molecule has 0 unspecified atom stereocenters. The zero-order valence-electron chi connectivity index (χ0n) is 13.8. The fourth-order valence-corrected chi connectivity index (χ4v) is 1.92. The van der Waals surface area contributed by atoms with Crippen molar-refractivity contribution < 1.29 is 9.90 Å². The largest absolute Gasteiger partial charge is 0.392 e. The van der Waals surface area contributed by atoms with Gasteiger partial charge in [-0.3, -0.25) is 9.89 Å². The lowest BCUT2D eigenvalue weighted by atomic mass is 10.1. The zero-order valence-corrected chi connectivity index (χ0v) is 13.8. The third kappa shape index (κ3) is 5.30. The predicted octanol–water partition coefficient (Wildman–Crippen LogP) is 2.01. The Kier molecular flexibility index (Phi) is 7.82.